The zero-order valence-corrected chi connectivity index (χ0v) is 13.5. The van der Waals surface area contributed by atoms with Crippen molar-refractivity contribution in [1.82, 2.24) is 15.1 Å². The molecule has 6 heteroatoms. The van der Waals surface area contributed by atoms with Gasteiger partial charge in [-0.25, -0.2) is 4.68 Å². The third-order valence-corrected chi connectivity index (χ3v) is 3.81. The normalized spacial score (nSPS) is 11.9. The molecule has 0 bridgehead atoms. The molecule has 1 amide bonds. The summed E-state index contributed by atoms with van der Waals surface area (Å²) in [5.74, 6) is -0.736. The van der Waals surface area contributed by atoms with Gasteiger partial charge in [-0.1, -0.05) is 48.5 Å². The van der Waals surface area contributed by atoms with Crippen molar-refractivity contribution in [1.29, 1.82) is 0 Å². The van der Waals surface area contributed by atoms with Crippen LogP contribution < -0.4 is 5.32 Å². The number of amides is 1. The van der Waals surface area contributed by atoms with Gasteiger partial charge in [0.1, 0.15) is 0 Å². The van der Waals surface area contributed by atoms with Crippen LogP contribution in [-0.4, -0.2) is 38.5 Å². The highest BCUT2D eigenvalue weighted by molar-refractivity contribution is 5.95. The highest BCUT2D eigenvalue weighted by Crippen LogP contribution is 2.18. The zero-order valence-electron chi connectivity index (χ0n) is 13.5. The third-order valence-electron chi connectivity index (χ3n) is 3.81. The lowest BCUT2D eigenvalue weighted by Crippen LogP contribution is -2.39. The second kappa shape index (κ2) is 7.63. The number of hydrogen-bond acceptors (Lipinski definition) is 4. The van der Waals surface area contributed by atoms with Crippen molar-refractivity contribution in [2.75, 3.05) is 6.61 Å². The van der Waals surface area contributed by atoms with E-state index >= 15 is 0 Å². The molecule has 1 atom stereocenters. The number of nitrogens with one attached hydrogen (secondary N) is 1. The van der Waals surface area contributed by atoms with E-state index in [4.69, 9.17) is 0 Å². The highest BCUT2D eigenvalue weighted by Gasteiger charge is 2.20. The molecular weight excluding hydrogens is 318 g/mol. The smallest absolute Gasteiger partial charge is 0.275 e. The molecule has 0 aliphatic rings. The molecule has 0 spiro atoms. The van der Waals surface area contributed by atoms with Gasteiger partial charge in [0, 0.05) is 0 Å². The Bertz CT molecular complexity index is 832. The molecule has 0 aliphatic heterocycles. The van der Waals surface area contributed by atoms with Crippen molar-refractivity contribution in [2.24, 2.45) is 0 Å². The molecule has 0 radical (unpaired) electrons. The lowest BCUT2D eigenvalue weighted by atomic mass is 10.1. The molecule has 0 aliphatic carbocycles. The molecular formula is C19H19N3O3. The summed E-state index contributed by atoms with van der Waals surface area (Å²) in [6.45, 7) is -0.208. The summed E-state index contributed by atoms with van der Waals surface area (Å²) in [5, 5.41) is 26.4. The van der Waals surface area contributed by atoms with Crippen LogP contribution in [0.3, 0.4) is 0 Å². The first-order valence-electron chi connectivity index (χ1n) is 7.97. The average molecular weight is 337 g/mol. The van der Waals surface area contributed by atoms with Crippen LogP contribution in [0.1, 0.15) is 16.1 Å². The van der Waals surface area contributed by atoms with Gasteiger partial charge < -0.3 is 15.5 Å². The molecule has 0 saturated heterocycles. The minimum atomic E-state index is -0.526. The molecule has 2 aromatic carbocycles. The fourth-order valence-electron chi connectivity index (χ4n) is 2.55. The van der Waals surface area contributed by atoms with Crippen molar-refractivity contribution in [3.8, 4) is 11.4 Å². The van der Waals surface area contributed by atoms with Gasteiger partial charge in [-0.15, -0.1) is 0 Å². The Morgan fingerprint density at radius 1 is 1.08 bits per heavy atom. The molecule has 128 valence electrons. The van der Waals surface area contributed by atoms with Gasteiger partial charge in [0.15, 0.2) is 11.4 Å². The van der Waals surface area contributed by atoms with Crippen LogP contribution in [0.4, 0.5) is 0 Å². The van der Waals surface area contributed by atoms with E-state index in [0.717, 1.165) is 11.3 Å². The highest BCUT2D eigenvalue weighted by atomic mass is 16.3. The Hall–Kier alpha value is -3.12. The summed E-state index contributed by atoms with van der Waals surface area (Å²) >= 11 is 0. The van der Waals surface area contributed by atoms with Crippen LogP contribution in [0.2, 0.25) is 0 Å². The van der Waals surface area contributed by atoms with Gasteiger partial charge in [0.25, 0.3) is 5.91 Å². The monoisotopic (exact) mass is 337 g/mol. The molecule has 1 aromatic heterocycles. The predicted molar refractivity (Wildman–Crippen MR) is 93.7 cm³/mol. The van der Waals surface area contributed by atoms with E-state index in [9.17, 15) is 15.0 Å². The van der Waals surface area contributed by atoms with E-state index in [1.165, 1.54) is 10.9 Å². The second-order valence-electron chi connectivity index (χ2n) is 5.69. The maximum absolute atomic E-state index is 12.4. The number of aromatic hydroxyl groups is 1. The van der Waals surface area contributed by atoms with Crippen LogP contribution in [0.5, 0.6) is 5.75 Å². The number of rotatable bonds is 6. The number of aliphatic hydroxyl groups is 1. The number of carbonyl (C=O) groups is 1. The fraction of sp³-hybridized carbons (Fsp3) is 0.158. The Kier molecular flexibility index (Phi) is 5.11. The molecule has 3 aromatic rings. The minimum absolute atomic E-state index is 0.0737. The average Bonchev–Trinajstić information content (AvgIpc) is 3.04. The molecule has 0 fully saturated rings. The topological polar surface area (TPSA) is 87.4 Å². The maximum Gasteiger partial charge on any atom is 0.275 e. The van der Waals surface area contributed by atoms with E-state index in [1.54, 1.807) is 0 Å². The Morgan fingerprint density at radius 2 is 1.72 bits per heavy atom. The maximum atomic E-state index is 12.4. The van der Waals surface area contributed by atoms with Crippen LogP contribution in [0, 0.1) is 0 Å². The second-order valence-corrected chi connectivity index (χ2v) is 5.69. The lowest BCUT2D eigenvalue weighted by Gasteiger charge is -2.15. The van der Waals surface area contributed by atoms with E-state index in [2.05, 4.69) is 10.4 Å². The van der Waals surface area contributed by atoms with Gasteiger partial charge in [0.2, 0.25) is 0 Å². The summed E-state index contributed by atoms with van der Waals surface area (Å²) in [7, 11) is 0. The summed E-state index contributed by atoms with van der Waals surface area (Å²) in [6.07, 6.45) is 1.87. The van der Waals surface area contributed by atoms with Crippen LogP contribution in [0.25, 0.3) is 5.69 Å². The number of carbonyl (C=O) groups excluding carboxylic acids is 1. The number of nitrogens with zero attached hydrogens (tertiary/aromatic N) is 2. The van der Waals surface area contributed by atoms with E-state index < -0.39 is 11.9 Å². The quantitative estimate of drug-likeness (QED) is 0.641. The number of hydrogen-bond donors (Lipinski definition) is 3. The zero-order chi connectivity index (χ0) is 17.6. The molecule has 1 unspecified atom stereocenters. The first-order valence-corrected chi connectivity index (χ1v) is 7.97. The summed E-state index contributed by atoms with van der Waals surface area (Å²) in [5.41, 5.74) is 1.66. The first kappa shape index (κ1) is 16.7. The number of aromatic nitrogens is 2. The number of benzene rings is 2. The summed E-state index contributed by atoms with van der Waals surface area (Å²) < 4.78 is 1.44. The summed E-state index contributed by atoms with van der Waals surface area (Å²) in [4.78, 5) is 12.4. The van der Waals surface area contributed by atoms with Crippen molar-refractivity contribution in [3.05, 3.63) is 78.1 Å². The van der Waals surface area contributed by atoms with E-state index in [0.29, 0.717) is 6.42 Å². The molecule has 1 heterocycles. The van der Waals surface area contributed by atoms with Gasteiger partial charge in [-0.05, 0) is 24.1 Å². The van der Waals surface area contributed by atoms with Crippen molar-refractivity contribution in [2.45, 2.75) is 12.5 Å². The van der Waals surface area contributed by atoms with Crippen LogP contribution in [0.15, 0.2) is 66.9 Å². The van der Waals surface area contributed by atoms with Crippen LogP contribution >= 0.6 is 0 Å². The molecule has 6 nitrogen and oxygen atoms in total. The number of para-hydroxylation sites is 1. The molecule has 25 heavy (non-hydrogen) atoms. The van der Waals surface area contributed by atoms with Gasteiger partial charge in [-0.3, -0.25) is 4.79 Å². The summed E-state index contributed by atoms with van der Waals surface area (Å²) in [6, 6.07) is 18.3. The lowest BCUT2D eigenvalue weighted by molar-refractivity contribution is 0.0908. The predicted octanol–water partition coefficient (Wildman–Crippen LogP) is 1.91. The van der Waals surface area contributed by atoms with Gasteiger partial charge >= 0.3 is 0 Å². The van der Waals surface area contributed by atoms with Gasteiger partial charge in [0.05, 0.1) is 24.5 Å². The molecule has 3 rings (SSSR count). The first-order chi connectivity index (χ1) is 12.2. The van der Waals surface area contributed by atoms with Crippen molar-refractivity contribution < 1.29 is 15.0 Å². The Morgan fingerprint density at radius 3 is 2.36 bits per heavy atom. The standard InChI is InChI=1S/C19H19N3O3/c23-13-15(11-14-7-3-1-4-8-14)20-19(25)18-17(24)12-22(21-18)16-9-5-2-6-10-16/h1-10,12,15,23-24H,11,13H2,(H,20,25). The van der Waals surface area contributed by atoms with Crippen molar-refractivity contribution in [3.63, 3.8) is 0 Å². The van der Waals surface area contributed by atoms with Gasteiger partial charge in [-0.2, -0.15) is 5.10 Å². The molecule has 0 saturated carbocycles. The minimum Gasteiger partial charge on any atom is -0.504 e. The number of aliphatic hydroxyl groups excluding tert-OH is 1. The fourth-order valence-corrected chi connectivity index (χ4v) is 2.55. The Balaban J connectivity index is 1.73. The Labute approximate surface area is 145 Å². The third kappa shape index (κ3) is 4.05. The largest absolute Gasteiger partial charge is 0.504 e. The SMILES string of the molecule is O=C(NC(CO)Cc1ccccc1)c1nn(-c2ccccc2)cc1O. The van der Waals surface area contributed by atoms with Crippen molar-refractivity contribution >= 4 is 5.91 Å². The molecule has 3 N–H and O–H groups in total. The van der Waals surface area contributed by atoms with E-state index in [-0.39, 0.29) is 18.1 Å². The van der Waals surface area contributed by atoms with Crippen LogP contribution in [-0.2, 0) is 6.42 Å². The van der Waals surface area contributed by atoms with E-state index in [1.807, 2.05) is 60.7 Å².